The maximum atomic E-state index is 11.9. The molecule has 2 fully saturated rings. The lowest BCUT2D eigenvalue weighted by Crippen LogP contribution is -2.45. The monoisotopic (exact) mass is 196 g/mol. The average Bonchev–Trinajstić information content (AvgIpc) is 2.93. The third-order valence-electron chi connectivity index (χ3n) is 3.25. The van der Waals surface area contributed by atoms with Crippen LogP contribution in [0.2, 0.25) is 0 Å². The Morgan fingerprint density at radius 3 is 2.71 bits per heavy atom. The molecule has 1 heterocycles. The number of carbonyl (C=O) groups is 1. The van der Waals surface area contributed by atoms with Gasteiger partial charge in [-0.25, -0.2) is 0 Å². The van der Waals surface area contributed by atoms with Crippen LogP contribution in [0, 0.1) is 0 Å². The molecule has 1 saturated heterocycles. The second kappa shape index (κ2) is 4.30. The summed E-state index contributed by atoms with van der Waals surface area (Å²) in [5.74, 6) is 0.261. The molecule has 0 aromatic heterocycles. The fourth-order valence-corrected chi connectivity index (χ4v) is 2.11. The third kappa shape index (κ3) is 2.47. The summed E-state index contributed by atoms with van der Waals surface area (Å²) in [5, 5.41) is 3.10. The number of hydrogen-bond acceptors (Lipinski definition) is 2. The lowest BCUT2D eigenvalue weighted by molar-refractivity contribution is -0.126. The van der Waals surface area contributed by atoms with E-state index in [-0.39, 0.29) is 11.9 Å². The van der Waals surface area contributed by atoms with Crippen molar-refractivity contribution in [2.24, 2.45) is 0 Å². The molecule has 0 aromatic carbocycles. The number of amides is 1. The Morgan fingerprint density at radius 2 is 2.00 bits per heavy atom. The van der Waals surface area contributed by atoms with Gasteiger partial charge in [0.1, 0.15) is 0 Å². The first-order valence-electron chi connectivity index (χ1n) is 5.78. The lowest BCUT2D eigenvalue weighted by atomic mass is 10.1. The average molecular weight is 196 g/mol. The zero-order valence-electron chi connectivity index (χ0n) is 8.96. The van der Waals surface area contributed by atoms with E-state index in [4.69, 9.17) is 0 Å². The van der Waals surface area contributed by atoms with Gasteiger partial charge >= 0.3 is 0 Å². The third-order valence-corrected chi connectivity index (χ3v) is 3.25. The molecular weight excluding hydrogens is 176 g/mol. The standard InChI is InChI=1S/C11H20N2O/c1-13-8-4-2-3-5-10(13)11(14)12-9-6-7-9/h9-10H,2-8H2,1H3,(H,12,14)/t10-/m0/s1. The fourth-order valence-electron chi connectivity index (χ4n) is 2.11. The number of hydrogen-bond donors (Lipinski definition) is 1. The van der Waals surface area contributed by atoms with E-state index in [0.29, 0.717) is 6.04 Å². The topological polar surface area (TPSA) is 32.3 Å². The van der Waals surface area contributed by atoms with Crippen LogP contribution in [0.4, 0.5) is 0 Å². The van der Waals surface area contributed by atoms with Gasteiger partial charge in [-0.2, -0.15) is 0 Å². The Kier molecular flexibility index (Phi) is 3.06. The minimum atomic E-state index is 0.137. The summed E-state index contributed by atoms with van der Waals surface area (Å²) in [6.45, 7) is 1.07. The molecule has 0 radical (unpaired) electrons. The number of likely N-dealkylation sites (tertiary alicyclic amines) is 1. The Hall–Kier alpha value is -0.570. The van der Waals surface area contributed by atoms with E-state index in [1.54, 1.807) is 0 Å². The Morgan fingerprint density at radius 1 is 1.21 bits per heavy atom. The van der Waals surface area contributed by atoms with Gasteiger partial charge < -0.3 is 5.32 Å². The van der Waals surface area contributed by atoms with Crippen molar-refractivity contribution in [3.63, 3.8) is 0 Å². The molecule has 14 heavy (non-hydrogen) atoms. The maximum absolute atomic E-state index is 11.9. The first-order valence-corrected chi connectivity index (χ1v) is 5.78. The van der Waals surface area contributed by atoms with E-state index < -0.39 is 0 Å². The van der Waals surface area contributed by atoms with Crippen molar-refractivity contribution in [2.75, 3.05) is 13.6 Å². The van der Waals surface area contributed by atoms with Gasteiger partial charge in [0.25, 0.3) is 0 Å². The van der Waals surface area contributed by atoms with Crippen LogP contribution >= 0.6 is 0 Å². The predicted molar refractivity (Wildman–Crippen MR) is 56.1 cm³/mol. The van der Waals surface area contributed by atoms with Gasteiger partial charge in [-0.3, -0.25) is 9.69 Å². The van der Waals surface area contributed by atoms with Crippen LogP contribution in [-0.2, 0) is 4.79 Å². The number of carbonyl (C=O) groups excluding carboxylic acids is 1. The van der Waals surface area contributed by atoms with Crippen molar-refractivity contribution in [1.82, 2.24) is 10.2 Å². The van der Waals surface area contributed by atoms with Crippen LogP contribution in [0.3, 0.4) is 0 Å². The largest absolute Gasteiger partial charge is 0.352 e. The van der Waals surface area contributed by atoms with E-state index in [1.165, 1.54) is 32.1 Å². The molecule has 3 heteroatoms. The van der Waals surface area contributed by atoms with Crippen LogP contribution in [0.1, 0.15) is 38.5 Å². The van der Waals surface area contributed by atoms with E-state index in [9.17, 15) is 4.79 Å². The number of nitrogens with zero attached hydrogens (tertiary/aromatic N) is 1. The molecule has 1 saturated carbocycles. The van der Waals surface area contributed by atoms with Crippen molar-refractivity contribution in [3.05, 3.63) is 0 Å². The summed E-state index contributed by atoms with van der Waals surface area (Å²) in [6, 6.07) is 0.636. The Labute approximate surface area is 85.8 Å². The number of likely N-dealkylation sites (N-methyl/N-ethyl adjacent to an activating group) is 1. The van der Waals surface area contributed by atoms with Crippen molar-refractivity contribution in [2.45, 2.75) is 50.6 Å². The molecule has 1 atom stereocenters. The second-order valence-electron chi connectivity index (χ2n) is 4.63. The van der Waals surface area contributed by atoms with Gasteiger partial charge in [0.15, 0.2) is 0 Å². The fraction of sp³-hybridized carbons (Fsp3) is 0.909. The highest BCUT2D eigenvalue weighted by atomic mass is 16.2. The van der Waals surface area contributed by atoms with Crippen LogP contribution in [0.15, 0.2) is 0 Å². The molecule has 1 amide bonds. The smallest absolute Gasteiger partial charge is 0.237 e. The van der Waals surface area contributed by atoms with Gasteiger partial charge in [-0.05, 0) is 39.3 Å². The molecule has 1 aliphatic heterocycles. The number of rotatable bonds is 2. The molecule has 80 valence electrons. The molecule has 0 spiro atoms. The summed E-state index contributed by atoms with van der Waals surface area (Å²) in [6.07, 6.45) is 7.12. The molecular formula is C11H20N2O. The summed E-state index contributed by atoms with van der Waals surface area (Å²) in [5.41, 5.74) is 0. The summed E-state index contributed by atoms with van der Waals surface area (Å²) in [7, 11) is 2.07. The first-order chi connectivity index (χ1) is 6.77. The van der Waals surface area contributed by atoms with Crippen molar-refractivity contribution < 1.29 is 4.79 Å². The van der Waals surface area contributed by atoms with Gasteiger partial charge in [-0.1, -0.05) is 12.8 Å². The Bertz CT molecular complexity index is 213. The molecule has 0 aromatic rings. The number of nitrogens with one attached hydrogen (secondary N) is 1. The summed E-state index contributed by atoms with van der Waals surface area (Å²) in [4.78, 5) is 14.1. The normalized spacial score (nSPS) is 29.6. The molecule has 2 aliphatic rings. The molecule has 1 aliphatic carbocycles. The second-order valence-corrected chi connectivity index (χ2v) is 4.63. The van der Waals surface area contributed by atoms with Gasteiger partial charge in [0, 0.05) is 6.04 Å². The van der Waals surface area contributed by atoms with Crippen LogP contribution < -0.4 is 5.32 Å². The van der Waals surface area contributed by atoms with E-state index >= 15 is 0 Å². The van der Waals surface area contributed by atoms with E-state index in [0.717, 1.165) is 13.0 Å². The highest BCUT2D eigenvalue weighted by molar-refractivity contribution is 5.82. The van der Waals surface area contributed by atoms with Gasteiger partial charge in [-0.15, -0.1) is 0 Å². The first kappa shape index (κ1) is 9.97. The van der Waals surface area contributed by atoms with Crippen molar-refractivity contribution >= 4 is 5.91 Å². The quantitative estimate of drug-likeness (QED) is 0.718. The van der Waals surface area contributed by atoms with Crippen molar-refractivity contribution in [3.8, 4) is 0 Å². The van der Waals surface area contributed by atoms with Gasteiger partial charge in [0.05, 0.1) is 6.04 Å². The summed E-state index contributed by atoms with van der Waals surface area (Å²) < 4.78 is 0. The SMILES string of the molecule is CN1CCCCC[C@H]1C(=O)NC1CC1. The molecule has 3 nitrogen and oxygen atoms in total. The van der Waals surface area contributed by atoms with Crippen LogP contribution in [0.25, 0.3) is 0 Å². The van der Waals surface area contributed by atoms with Crippen molar-refractivity contribution in [1.29, 1.82) is 0 Å². The molecule has 0 bridgehead atoms. The van der Waals surface area contributed by atoms with Crippen LogP contribution in [-0.4, -0.2) is 36.5 Å². The highest BCUT2D eigenvalue weighted by Crippen LogP contribution is 2.21. The van der Waals surface area contributed by atoms with Gasteiger partial charge in [0.2, 0.25) is 5.91 Å². The lowest BCUT2D eigenvalue weighted by Gasteiger charge is -2.24. The predicted octanol–water partition coefficient (Wildman–Crippen LogP) is 1.14. The van der Waals surface area contributed by atoms with Crippen LogP contribution in [0.5, 0.6) is 0 Å². The minimum Gasteiger partial charge on any atom is -0.352 e. The molecule has 0 unspecified atom stereocenters. The van der Waals surface area contributed by atoms with E-state index in [1.807, 2.05) is 0 Å². The Balaban J connectivity index is 1.87. The highest BCUT2D eigenvalue weighted by Gasteiger charge is 2.29. The molecule has 2 rings (SSSR count). The zero-order chi connectivity index (χ0) is 9.97. The minimum absolute atomic E-state index is 0.137. The summed E-state index contributed by atoms with van der Waals surface area (Å²) >= 11 is 0. The maximum Gasteiger partial charge on any atom is 0.237 e. The zero-order valence-corrected chi connectivity index (χ0v) is 8.96. The molecule has 1 N–H and O–H groups in total. The van der Waals surface area contributed by atoms with E-state index in [2.05, 4.69) is 17.3 Å².